The molecule has 3 heteroatoms. The molecule has 0 aromatic heterocycles. The Morgan fingerprint density at radius 2 is 1.67 bits per heavy atom. The van der Waals surface area contributed by atoms with E-state index in [0.29, 0.717) is 5.75 Å². The van der Waals surface area contributed by atoms with E-state index < -0.39 is 0 Å². The van der Waals surface area contributed by atoms with E-state index in [9.17, 15) is 4.79 Å². The van der Waals surface area contributed by atoms with Gasteiger partial charge in [-0.3, -0.25) is 4.79 Å². The van der Waals surface area contributed by atoms with Crippen LogP contribution < -0.4 is 10.1 Å². The second-order valence-corrected chi connectivity index (χ2v) is 5.10. The van der Waals surface area contributed by atoms with Crippen molar-refractivity contribution < 1.29 is 9.53 Å². The van der Waals surface area contributed by atoms with Crippen molar-refractivity contribution in [1.82, 2.24) is 0 Å². The molecule has 2 rings (SSSR count). The predicted molar refractivity (Wildman–Crippen MR) is 85.9 cm³/mol. The lowest BCUT2D eigenvalue weighted by Gasteiger charge is -2.12. The number of hydrogen-bond donors (Lipinski definition) is 1. The molecule has 2 aromatic carbocycles. The predicted octanol–water partition coefficient (Wildman–Crippen LogP) is 3.88. The van der Waals surface area contributed by atoms with Crippen LogP contribution in [-0.2, 0) is 11.2 Å². The fourth-order valence-corrected chi connectivity index (χ4v) is 2.16. The lowest BCUT2D eigenvalue weighted by atomic mass is 10.1. The zero-order valence-electron chi connectivity index (χ0n) is 12.8. The van der Waals surface area contributed by atoms with Crippen LogP contribution in [-0.4, -0.2) is 12.5 Å². The third-order valence-corrected chi connectivity index (χ3v) is 3.45. The van der Waals surface area contributed by atoms with Gasteiger partial charge < -0.3 is 10.1 Å². The minimum atomic E-state index is -0.146. The zero-order valence-corrected chi connectivity index (χ0v) is 12.8. The molecule has 0 atom stereocenters. The van der Waals surface area contributed by atoms with E-state index in [4.69, 9.17) is 4.74 Å². The molecule has 110 valence electrons. The molecular weight excluding hydrogens is 262 g/mol. The van der Waals surface area contributed by atoms with Crippen LogP contribution in [0, 0.1) is 13.8 Å². The maximum absolute atomic E-state index is 12.0. The fraction of sp³-hybridized carbons (Fsp3) is 0.278. The molecule has 0 saturated heterocycles. The van der Waals surface area contributed by atoms with Crippen LogP contribution in [0.1, 0.15) is 23.6 Å². The minimum Gasteiger partial charge on any atom is -0.484 e. The number of anilines is 1. The summed E-state index contributed by atoms with van der Waals surface area (Å²) in [7, 11) is 0. The molecule has 0 radical (unpaired) electrons. The molecule has 1 N–H and O–H groups in total. The molecule has 0 aliphatic heterocycles. The molecular formula is C18H21NO2. The summed E-state index contributed by atoms with van der Waals surface area (Å²) in [4.78, 5) is 12.0. The number of aryl methyl sites for hydroxylation is 3. The first-order chi connectivity index (χ1) is 10.1. The Morgan fingerprint density at radius 1 is 1.05 bits per heavy atom. The minimum absolute atomic E-state index is 0.0131. The number of carbonyl (C=O) groups excluding carboxylic acids is 1. The first-order valence-electron chi connectivity index (χ1n) is 7.18. The molecule has 0 saturated carbocycles. The number of ether oxygens (including phenoxy) is 1. The van der Waals surface area contributed by atoms with Crippen molar-refractivity contribution in [3.8, 4) is 5.75 Å². The van der Waals surface area contributed by atoms with Gasteiger partial charge >= 0.3 is 0 Å². The van der Waals surface area contributed by atoms with E-state index in [0.717, 1.165) is 23.2 Å². The Bertz CT molecular complexity index is 597. The molecule has 3 nitrogen and oxygen atoms in total. The highest BCUT2D eigenvalue weighted by atomic mass is 16.5. The molecule has 0 aliphatic carbocycles. The van der Waals surface area contributed by atoms with Crippen molar-refractivity contribution in [3.63, 3.8) is 0 Å². The number of rotatable bonds is 5. The Labute approximate surface area is 126 Å². The van der Waals surface area contributed by atoms with E-state index in [1.54, 1.807) is 0 Å². The van der Waals surface area contributed by atoms with Crippen molar-refractivity contribution in [2.45, 2.75) is 27.2 Å². The van der Waals surface area contributed by atoms with E-state index in [-0.39, 0.29) is 12.5 Å². The Balaban J connectivity index is 1.92. The number of hydrogen-bond acceptors (Lipinski definition) is 2. The van der Waals surface area contributed by atoms with Crippen LogP contribution in [0.3, 0.4) is 0 Å². The van der Waals surface area contributed by atoms with Crippen LogP contribution in [0.25, 0.3) is 0 Å². The third-order valence-electron chi connectivity index (χ3n) is 3.45. The van der Waals surface area contributed by atoms with Gasteiger partial charge in [-0.2, -0.15) is 0 Å². The average molecular weight is 283 g/mol. The van der Waals surface area contributed by atoms with Gasteiger partial charge in [0.25, 0.3) is 5.91 Å². The van der Waals surface area contributed by atoms with Crippen LogP contribution in [0.5, 0.6) is 5.75 Å². The summed E-state index contributed by atoms with van der Waals surface area (Å²) in [6.07, 6.45) is 0.993. The van der Waals surface area contributed by atoms with Crippen molar-refractivity contribution in [1.29, 1.82) is 0 Å². The third kappa shape index (κ3) is 4.09. The Hall–Kier alpha value is -2.29. The number of para-hydroxylation sites is 1. The normalized spacial score (nSPS) is 10.2. The molecule has 0 aliphatic rings. The summed E-state index contributed by atoms with van der Waals surface area (Å²) in [5, 5.41) is 2.91. The van der Waals surface area contributed by atoms with Gasteiger partial charge in [0.05, 0.1) is 0 Å². The molecule has 2 aromatic rings. The van der Waals surface area contributed by atoms with Crippen LogP contribution in [0.4, 0.5) is 5.69 Å². The summed E-state index contributed by atoms with van der Waals surface area (Å²) in [5.74, 6) is 0.566. The maximum Gasteiger partial charge on any atom is 0.262 e. The van der Waals surface area contributed by atoms with Gasteiger partial charge in [-0.25, -0.2) is 0 Å². The SMILES string of the molecule is CCc1ccc(OCC(=O)Nc2c(C)cccc2C)cc1. The van der Waals surface area contributed by atoms with Crippen molar-refractivity contribution >= 4 is 11.6 Å². The van der Waals surface area contributed by atoms with E-state index >= 15 is 0 Å². The van der Waals surface area contributed by atoms with Gasteiger partial charge in [0.15, 0.2) is 6.61 Å². The van der Waals surface area contributed by atoms with Crippen LogP contribution in [0.2, 0.25) is 0 Å². The quantitative estimate of drug-likeness (QED) is 0.904. The number of carbonyl (C=O) groups is 1. The first kappa shape index (κ1) is 15.1. The summed E-state index contributed by atoms with van der Waals surface area (Å²) >= 11 is 0. The fourth-order valence-electron chi connectivity index (χ4n) is 2.16. The maximum atomic E-state index is 12.0. The standard InChI is InChI=1S/C18H21NO2/c1-4-15-8-10-16(11-9-15)21-12-17(20)19-18-13(2)6-5-7-14(18)3/h5-11H,4,12H2,1-3H3,(H,19,20). The molecule has 0 unspecified atom stereocenters. The highest BCUT2D eigenvalue weighted by molar-refractivity contribution is 5.93. The average Bonchev–Trinajstić information content (AvgIpc) is 2.49. The monoisotopic (exact) mass is 283 g/mol. The summed E-state index contributed by atoms with van der Waals surface area (Å²) < 4.78 is 5.51. The molecule has 0 heterocycles. The second kappa shape index (κ2) is 6.93. The molecule has 0 bridgehead atoms. The van der Waals surface area contributed by atoms with Gasteiger partial charge in [-0.05, 0) is 49.1 Å². The lowest BCUT2D eigenvalue weighted by Crippen LogP contribution is -2.21. The van der Waals surface area contributed by atoms with E-state index in [1.807, 2.05) is 56.3 Å². The molecule has 0 spiro atoms. The van der Waals surface area contributed by atoms with Crippen molar-refractivity contribution in [3.05, 3.63) is 59.2 Å². The molecule has 1 amide bonds. The largest absolute Gasteiger partial charge is 0.484 e. The van der Waals surface area contributed by atoms with Crippen LogP contribution >= 0.6 is 0 Å². The van der Waals surface area contributed by atoms with E-state index in [1.165, 1.54) is 5.56 Å². The van der Waals surface area contributed by atoms with E-state index in [2.05, 4.69) is 12.2 Å². The molecule has 0 fully saturated rings. The summed E-state index contributed by atoms with van der Waals surface area (Å²) in [6, 6.07) is 13.7. The summed E-state index contributed by atoms with van der Waals surface area (Å²) in [5.41, 5.74) is 4.22. The number of nitrogens with one attached hydrogen (secondary N) is 1. The lowest BCUT2D eigenvalue weighted by molar-refractivity contribution is -0.118. The first-order valence-corrected chi connectivity index (χ1v) is 7.18. The Kier molecular flexibility index (Phi) is 4.99. The van der Waals surface area contributed by atoms with Crippen molar-refractivity contribution in [2.75, 3.05) is 11.9 Å². The zero-order chi connectivity index (χ0) is 15.2. The summed E-state index contributed by atoms with van der Waals surface area (Å²) in [6.45, 7) is 6.08. The van der Waals surface area contributed by atoms with Gasteiger partial charge in [0.1, 0.15) is 5.75 Å². The highest BCUT2D eigenvalue weighted by Crippen LogP contribution is 2.19. The van der Waals surface area contributed by atoms with Crippen molar-refractivity contribution in [2.24, 2.45) is 0 Å². The highest BCUT2D eigenvalue weighted by Gasteiger charge is 2.07. The number of amides is 1. The smallest absolute Gasteiger partial charge is 0.262 e. The van der Waals surface area contributed by atoms with Gasteiger partial charge in [0, 0.05) is 5.69 Å². The topological polar surface area (TPSA) is 38.3 Å². The van der Waals surface area contributed by atoms with Gasteiger partial charge in [-0.1, -0.05) is 37.3 Å². The van der Waals surface area contributed by atoms with Gasteiger partial charge in [-0.15, -0.1) is 0 Å². The Morgan fingerprint density at radius 3 is 2.24 bits per heavy atom. The molecule has 21 heavy (non-hydrogen) atoms. The second-order valence-electron chi connectivity index (χ2n) is 5.10. The number of benzene rings is 2. The van der Waals surface area contributed by atoms with Crippen LogP contribution in [0.15, 0.2) is 42.5 Å². The van der Waals surface area contributed by atoms with Gasteiger partial charge in [0.2, 0.25) is 0 Å².